The summed E-state index contributed by atoms with van der Waals surface area (Å²) in [6, 6.07) is 7.94. The van der Waals surface area contributed by atoms with Gasteiger partial charge in [-0.15, -0.1) is 11.3 Å². The van der Waals surface area contributed by atoms with E-state index in [4.69, 9.17) is 0 Å². The molecule has 0 unspecified atom stereocenters. The van der Waals surface area contributed by atoms with E-state index in [9.17, 15) is 9.59 Å². The fourth-order valence-corrected chi connectivity index (χ4v) is 5.59. The molecule has 2 aliphatic rings. The summed E-state index contributed by atoms with van der Waals surface area (Å²) in [4.78, 5) is 33.4. The number of benzene rings is 1. The van der Waals surface area contributed by atoms with Gasteiger partial charge in [-0.1, -0.05) is 50.5 Å². The van der Waals surface area contributed by atoms with Crippen molar-refractivity contribution in [2.45, 2.75) is 65.0 Å². The van der Waals surface area contributed by atoms with Crippen LogP contribution in [-0.2, 0) is 16.1 Å². The molecular formula is C24H31N3O2S. The summed E-state index contributed by atoms with van der Waals surface area (Å²) in [5, 5.41) is 3.07. The highest BCUT2D eigenvalue weighted by Crippen LogP contribution is 2.31. The van der Waals surface area contributed by atoms with E-state index in [2.05, 4.69) is 41.5 Å². The number of carbonyl (C=O) groups excluding carboxylic acids is 2. The normalized spacial score (nSPS) is 22.3. The van der Waals surface area contributed by atoms with Crippen LogP contribution in [-0.4, -0.2) is 34.3 Å². The van der Waals surface area contributed by atoms with Crippen molar-refractivity contribution in [1.29, 1.82) is 0 Å². The minimum Gasteiger partial charge on any atom is -0.350 e. The molecule has 1 aromatic heterocycles. The maximum absolute atomic E-state index is 13.1. The molecule has 1 aromatic carbocycles. The van der Waals surface area contributed by atoms with Crippen LogP contribution in [0.5, 0.6) is 0 Å². The fourth-order valence-electron chi connectivity index (χ4n) is 4.78. The van der Waals surface area contributed by atoms with E-state index in [1.807, 2.05) is 17.3 Å². The van der Waals surface area contributed by atoms with Crippen LogP contribution >= 0.6 is 11.3 Å². The van der Waals surface area contributed by atoms with Crippen LogP contribution in [0, 0.1) is 18.8 Å². The Balaban J connectivity index is 1.36. The number of carbonyl (C=O) groups is 2. The van der Waals surface area contributed by atoms with Crippen molar-refractivity contribution in [2.75, 3.05) is 6.54 Å². The van der Waals surface area contributed by atoms with Crippen LogP contribution in [0.4, 0.5) is 0 Å². The van der Waals surface area contributed by atoms with Crippen LogP contribution in [0.15, 0.2) is 29.8 Å². The van der Waals surface area contributed by atoms with Crippen LogP contribution in [0.2, 0.25) is 0 Å². The first-order valence-corrected chi connectivity index (χ1v) is 12.0. The molecule has 6 heteroatoms. The van der Waals surface area contributed by atoms with Gasteiger partial charge in [0.15, 0.2) is 0 Å². The molecule has 2 aromatic rings. The molecule has 0 spiro atoms. The summed E-state index contributed by atoms with van der Waals surface area (Å²) < 4.78 is 0. The van der Waals surface area contributed by atoms with Crippen molar-refractivity contribution in [3.8, 4) is 10.4 Å². The second-order valence-corrected chi connectivity index (χ2v) is 9.72. The van der Waals surface area contributed by atoms with Crippen LogP contribution in [0.1, 0.15) is 56.7 Å². The quantitative estimate of drug-likeness (QED) is 0.764. The Kier molecular flexibility index (Phi) is 6.52. The van der Waals surface area contributed by atoms with Crippen molar-refractivity contribution >= 4 is 23.2 Å². The van der Waals surface area contributed by atoms with Gasteiger partial charge in [0.25, 0.3) is 0 Å². The zero-order valence-electron chi connectivity index (χ0n) is 17.9. The van der Waals surface area contributed by atoms with Crippen molar-refractivity contribution < 1.29 is 9.59 Å². The van der Waals surface area contributed by atoms with E-state index >= 15 is 0 Å². The van der Waals surface area contributed by atoms with Crippen LogP contribution in [0.3, 0.4) is 0 Å². The highest BCUT2D eigenvalue weighted by Gasteiger charge is 2.40. The van der Waals surface area contributed by atoms with Crippen molar-refractivity contribution in [2.24, 2.45) is 11.8 Å². The third kappa shape index (κ3) is 4.59. The molecule has 30 heavy (non-hydrogen) atoms. The lowest BCUT2D eigenvalue weighted by molar-refractivity contribution is -0.142. The summed E-state index contributed by atoms with van der Waals surface area (Å²) in [7, 11) is 0. The van der Waals surface area contributed by atoms with Crippen molar-refractivity contribution in [3.63, 3.8) is 0 Å². The predicted octanol–water partition coefficient (Wildman–Crippen LogP) is 4.55. The Bertz CT molecular complexity index is 886. The SMILES string of the molecule is Cc1ncsc1-c1ccc(CNC(=O)[C@@H]2C[C@@H](C)CN2C(=O)C2CCCCC2)cc1. The summed E-state index contributed by atoms with van der Waals surface area (Å²) in [6.45, 7) is 5.34. The molecule has 2 atom stereocenters. The molecule has 0 bridgehead atoms. The van der Waals surface area contributed by atoms with Crippen LogP contribution in [0.25, 0.3) is 10.4 Å². The van der Waals surface area contributed by atoms with Gasteiger partial charge in [-0.3, -0.25) is 9.59 Å². The standard InChI is InChI=1S/C24H31N3O2S/c1-16-12-21(27(14-16)24(29)20-6-4-3-5-7-20)23(28)25-13-18-8-10-19(11-9-18)22-17(2)26-15-30-22/h8-11,15-16,20-21H,3-7,12-14H2,1-2H3,(H,25,28)/t16-,21+/m1/s1. The molecule has 0 radical (unpaired) electrons. The van der Waals surface area contributed by atoms with E-state index in [0.29, 0.717) is 19.0 Å². The maximum atomic E-state index is 13.1. The van der Waals surface area contributed by atoms with Gasteiger partial charge in [0.2, 0.25) is 11.8 Å². The minimum absolute atomic E-state index is 0.0223. The Hall–Kier alpha value is -2.21. The van der Waals surface area contributed by atoms with Gasteiger partial charge >= 0.3 is 0 Å². The van der Waals surface area contributed by atoms with E-state index in [-0.39, 0.29) is 23.8 Å². The molecule has 1 aliphatic heterocycles. The third-order valence-electron chi connectivity index (χ3n) is 6.48. The second kappa shape index (κ2) is 9.29. The largest absolute Gasteiger partial charge is 0.350 e. The number of amides is 2. The van der Waals surface area contributed by atoms with Gasteiger partial charge < -0.3 is 10.2 Å². The number of aromatic nitrogens is 1. The Labute approximate surface area is 182 Å². The molecule has 2 fully saturated rings. The zero-order valence-corrected chi connectivity index (χ0v) is 18.7. The smallest absolute Gasteiger partial charge is 0.243 e. The number of hydrogen-bond acceptors (Lipinski definition) is 4. The Morgan fingerprint density at radius 1 is 1.17 bits per heavy atom. The molecule has 4 rings (SSSR count). The van der Waals surface area contributed by atoms with E-state index in [1.54, 1.807) is 11.3 Å². The third-order valence-corrected chi connectivity index (χ3v) is 7.46. The molecule has 160 valence electrons. The van der Waals surface area contributed by atoms with Gasteiger partial charge in [0, 0.05) is 19.0 Å². The summed E-state index contributed by atoms with van der Waals surface area (Å²) in [5.74, 6) is 0.659. The average molecular weight is 426 g/mol. The average Bonchev–Trinajstić information content (AvgIpc) is 3.38. The number of nitrogens with one attached hydrogen (secondary N) is 1. The first kappa shape index (κ1) is 21.0. The summed E-state index contributed by atoms with van der Waals surface area (Å²) in [6.07, 6.45) is 6.20. The Morgan fingerprint density at radius 3 is 2.57 bits per heavy atom. The van der Waals surface area contributed by atoms with Crippen molar-refractivity contribution in [1.82, 2.24) is 15.2 Å². The van der Waals surface area contributed by atoms with E-state index < -0.39 is 0 Å². The molecule has 1 saturated heterocycles. The van der Waals surface area contributed by atoms with Crippen LogP contribution < -0.4 is 5.32 Å². The monoisotopic (exact) mass is 425 g/mol. The maximum Gasteiger partial charge on any atom is 0.243 e. The highest BCUT2D eigenvalue weighted by atomic mass is 32.1. The molecule has 2 heterocycles. The number of likely N-dealkylation sites (tertiary alicyclic amines) is 1. The van der Waals surface area contributed by atoms with E-state index in [0.717, 1.165) is 48.9 Å². The minimum atomic E-state index is -0.325. The number of thiazole rings is 1. The summed E-state index contributed by atoms with van der Waals surface area (Å²) in [5.41, 5.74) is 5.12. The van der Waals surface area contributed by atoms with Gasteiger partial charge in [-0.25, -0.2) is 4.98 Å². The van der Waals surface area contributed by atoms with Crippen molar-refractivity contribution in [3.05, 3.63) is 41.0 Å². The molecule has 1 saturated carbocycles. The fraction of sp³-hybridized carbons (Fsp3) is 0.542. The van der Waals surface area contributed by atoms with E-state index in [1.165, 1.54) is 11.3 Å². The second-order valence-electron chi connectivity index (χ2n) is 8.86. The highest BCUT2D eigenvalue weighted by molar-refractivity contribution is 7.13. The number of aryl methyl sites for hydroxylation is 1. The molecule has 2 amide bonds. The topological polar surface area (TPSA) is 62.3 Å². The molecule has 1 N–H and O–H groups in total. The lowest BCUT2D eigenvalue weighted by Gasteiger charge is -2.30. The summed E-state index contributed by atoms with van der Waals surface area (Å²) >= 11 is 1.64. The molecule has 5 nitrogen and oxygen atoms in total. The first-order valence-electron chi connectivity index (χ1n) is 11.1. The molecular weight excluding hydrogens is 394 g/mol. The number of nitrogens with zero attached hydrogens (tertiary/aromatic N) is 2. The molecule has 1 aliphatic carbocycles. The van der Waals surface area contributed by atoms with Gasteiger partial charge in [-0.2, -0.15) is 0 Å². The first-order chi connectivity index (χ1) is 14.5. The lowest BCUT2D eigenvalue weighted by atomic mass is 9.88. The van der Waals surface area contributed by atoms with Gasteiger partial charge in [-0.05, 0) is 43.2 Å². The van der Waals surface area contributed by atoms with Gasteiger partial charge in [0.1, 0.15) is 6.04 Å². The number of rotatable bonds is 5. The van der Waals surface area contributed by atoms with Gasteiger partial charge in [0.05, 0.1) is 16.1 Å². The number of hydrogen-bond donors (Lipinski definition) is 1. The predicted molar refractivity (Wildman–Crippen MR) is 120 cm³/mol. The lowest BCUT2D eigenvalue weighted by Crippen LogP contribution is -2.48. The zero-order chi connectivity index (χ0) is 21.1. The Morgan fingerprint density at radius 2 is 1.90 bits per heavy atom.